The number of rotatable bonds is 4. The van der Waals surface area contributed by atoms with Gasteiger partial charge in [0.15, 0.2) is 0 Å². The second-order valence-electron chi connectivity index (χ2n) is 6.19. The van der Waals surface area contributed by atoms with E-state index in [0.717, 1.165) is 16.8 Å². The molecule has 2 N–H and O–H groups in total. The van der Waals surface area contributed by atoms with Crippen LogP contribution in [0, 0.1) is 12.7 Å². The smallest absolute Gasteiger partial charge is 0.313 e. The Balaban J connectivity index is 1.62. The summed E-state index contributed by atoms with van der Waals surface area (Å²) in [5.74, 6) is -2.33. The third-order valence-corrected chi connectivity index (χ3v) is 4.12. The van der Waals surface area contributed by atoms with Gasteiger partial charge in [-0.2, -0.15) is 0 Å². The van der Waals surface area contributed by atoms with Crippen molar-refractivity contribution >= 4 is 17.5 Å². The van der Waals surface area contributed by atoms with Gasteiger partial charge in [-0.05, 0) is 49.2 Å². The van der Waals surface area contributed by atoms with Crippen LogP contribution >= 0.6 is 0 Å². The second kappa shape index (κ2) is 7.82. The minimum absolute atomic E-state index is 0.0295. The molecule has 7 heteroatoms. The first-order valence-electron chi connectivity index (χ1n) is 8.40. The van der Waals surface area contributed by atoms with Gasteiger partial charge >= 0.3 is 11.8 Å². The summed E-state index contributed by atoms with van der Waals surface area (Å²) in [6.45, 7) is 3.50. The van der Waals surface area contributed by atoms with Gasteiger partial charge in [0.05, 0.1) is 18.1 Å². The van der Waals surface area contributed by atoms with Gasteiger partial charge in [-0.15, -0.1) is 0 Å². The van der Waals surface area contributed by atoms with Crippen molar-refractivity contribution in [1.82, 2.24) is 14.9 Å². The number of hydrogen-bond acceptors (Lipinski definition) is 3. The Morgan fingerprint density at radius 3 is 2.48 bits per heavy atom. The predicted molar refractivity (Wildman–Crippen MR) is 99.9 cm³/mol. The summed E-state index contributed by atoms with van der Waals surface area (Å²) in [6.07, 6.45) is 5.20. The summed E-state index contributed by atoms with van der Waals surface area (Å²) in [4.78, 5) is 28.1. The topological polar surface area (TPSA) is 76.0 Å². The van der Waals surface area contributed by atoms with Crippen LogP contribution in [0.1, 0.15) is 24.1 Å². The highest BCUT2D eigenvalue weighted by molar-refractivity contribution is 6.39. The fraction of sp³-hybridized carbons (Fsp3) is 0.150. The number of imidazole rings is 1. The summed E-state index contributed by atoms with van der Waals surface area (Å²) in [5.41, 5.74) is 2.46. The molecular weight excluding hydrogens is 347 g/mol. The van der Waals surface area contributed by atoms with Crippen molar-refractivity contribution in [3.8, 4) is 5.69 Å². The van der Waals surface area contributed by atoms with Crippen molar-refractivity contribution in [2.75, 3.05) is 5.32 Å². The molecule has 1 heterocycles. The lowest BCUT2D eigenvalue weighted by molar-refractivity contribution is -0.136. The van der Waals surface area contributed by atoms with Crippen molar-refractivity contribution in [2.24, 2.45) is 0 Å². The molecule has 6 nitrogen and oxygen atoms in total. The van der Waals surface area contributed by atoms with E-state index in [1.54, 1.807) is 32.4 Å². The molecule has 27 heavy (non-hydrogen) atoms. The molecule has 0 fully saturated rings. The largest absolute Gasteiger partial charge is 0.341 e. The first-order valence-corrected chi connectivity index (χ1v) is 8.40. The number of amides is 2. The lowest BCUT2D eigenvalue weighted by atomic mass is 10.1. The lowest BCUT2D eigenvalue weighted by Crippen LogP contribution is -2.37. The highest BCUT2D eigenvalue weighted by atomic mass is 19.1. The molecule has 0 aliphatic rings. The van der Waals surface area contributed by atoms with Gasteiger partial charge in [0.25, 0.3) is 0 Å². The molecule has 3 aromatic rings. The fourth-order valence-corrected chi connectivity index (χ4v) is 2.59. The Morgan fingerprint density at radius 1 is 1.11 bits per heavy atom. The molecule has 0 aliphatic heterocycles. The highest BCUT2D eigenvalue weighted by Gasteiger charge is 2.18. The summed E-state index contributed by atoms with van der Waals surface area (Å²) in [7, 11) is 0. The maximum absolute atomic E-state index is 13.8. The Morgan fingerprint density at radius 2 is 1.85 bits per heavy atom. The number of carbonyl (C=O) groups excluding carboxylic acids is 2. The quantitative estimate of drug-likeness (QED) is 0.697. The predicted octanol–water partition coefficient (Wildman–Crippen LogP) is 3.14. The first-order chi connectivity index (χ1) is 12.9. The van der Waals surface area contributed by atoms with Crippen LogP contribution < -0.4 is 10.6 Å². The molecular formula is C20H19FN4O2. The van der Waals surface area contributed by atoms with Crippen molar-refractivity contribution in [3.63, 3.8) is 0 Å². The van der Waals surface area contributed by atoms with Gasteiger partial charge in [0.2, 0.25) is 0 Å². The van der Waals surface area contributed by atoms with Crippen molar-refractivity contribution in [2.45, 2.75) is 19.9 Å². The molecule has 1 aromatic heterocycles. The van der Waals surface area contributed by atoms with E-state index in [9.17, 15) is 14.0 Å². The first kappa shape index (κ1) is 18.3. The number of carbonyl (C=O) groups is 2. The van der Waals surface area contributed by atoms with E-state index >= 15 is 0 Å². The van der Waals surface area contributed by atoms with Crippen LogP contribution in [0.15, 0.2) is 61.2 Å². The zero-order valence-electron chi connectivity index (χ0n) is 14.9. The van der Waals surface area contributed by atoms with E-state index < -0.39 is 17.6 Å². The Labute approximate surface area is 156 Å². The number of anilines is 1. The maximum atomic E-state index is 13.8. The summed E-state index contributed by atoms with van der Waals surface area (Å²) < 4.78 is 15.7. The minimum Gasteiger partial charge on any atom is -0.341 e. The van der Waals surface area contributed by atoms with Gasteiger partial charge in [-0.25, -0.2) is 9.37 Å². The number of aromatic nitrogens is 2. The minimum atomic E-state index is -0.917. The van der Waals surface area contributed by atoms with Crippen LogP contribution in [0.4, 0.5) is 10.1 Å². The summed E-state index contributed by atoms with van der Waals surface area (Å²) in [6, 6.07) is 11.5. The van der Waals surface area contributed by atoms with Gasteiger partial charge < -0.3 is 15.2 Å². The Kier molecular flexibility index (Phi) is 5.30. The molecule has 0 saturated carbocycles. The van der Waals surface area contributed by atoms with E-state index in [2.05, 4.69) is 15.6 Å². The number of nitrogens with zero attached hydrogens (tertiary/aromatic N) is 2. The zero-order chi connectivity index (χ0) is 19.4. The Hall–Kier alpha value is -3.48. The van der Waals surface area contributed by atoms with E-state index in [1.807, 2.05) is 35.0 Å². The molecule has 0 bridgehead atoms. The lowest BCUT2D eigenvalue weighted by Gasteiger charge is -2.15. The van der Waals surface area contributed by atoms with Gasteiger partial charge in [0, 0.05) is 18.1 Å². The molecule has 2 aromatic carbocycles. The summed E-state index contributed by atoms with van der Waals surface area (Å²) >= 11 is 0. The SMILES string of the molecule is Cc1ccc(NC(=O)C(=O)N[C@@H](C)c2ccc(-n3ccnc3)cc2)c(F)c1. The van der Waals surface area contributed by atoms with Gasteiger partial charge in [-0.3, -0.25) is 9.59 Å². The van der Waals surface area contributed by atoms with Gasteiger partial charge in [0.1, 0.15) is 5.82 Å². The third-order valence-electron chi connectivity index (χ3n) is 4.12. The van der Waals surface area contributed by atoms with Crippen LogP contribution in [0.2, 0.25) is 0 Å². The number of aryl methyl sites for hydroxylation is 1. The number of halogens is 1. The van der Waals surface area contributed by atoms with Crippen LogP contribution in [0.25, 0.3) is 5.69 Å². The third kappa shape index (κ3) is 4.38. The van der Waals surface area contributed by atoms with Crippen LogP contribution in [0.5, 0.6) is 0 Å². The average Bonchev–Trinajstić information content (AvgIpc) is 3.18. The molecule has 0 spiro atoms. The van der Waals surface area contributed by atoms with E-state index in [4.69, 9.17) is 0 Å². The molecule has 1 atom stereocenters. The van der Waals surface area contributed by atoms with Crippen molar-refractivity contribution < 1.29 is 14.0 Å². The van der Waals surface area contributed by atoms with E-state index in [0.29, 0.717) is 0 Å². The maximum Gasteiger partial charge on any atom is 0.313 e. The molecule has 138 valence electrons. The molecule has 0 aliphatic carbocycles. The highest BCUT2D eigenvalue weighted by Crippen LogP contribution is 2.17. The van der Waals surface area contributed by atoms with Crippen LogP contribution in [-0.4, -0.2) is 21.4 Å². The molecule has 0 radical (unpaired) electrons. The van der Waals surface area contributed by atoms with Crippen LogP contribution in [0.3, 0.4) is 0 Å². The molecule has 0 saturated heterocycles. The molecule has 3 rings (SSSR count). The number of nitrogens with one attached hydrogen (secondary N) is 2. The normalized spacial score (nSPS) is 11.7. The van der Waals surface area contributed by atoms with Gasteiger partial charge in [-0.1, -0.05) is 18.2 Å². The average molecular weight is 366 g/mol. The number of hydrogen-bond donors (Lipinski definition) is 2. The molecule has 0 unspecified atom stereocenters. The fourth-order valence-electron chi connectivity index (χ4n) is 2.59. The van der Waals surface area contributed by atoms with Crippen LogP contribution in [-0.2, 0) is 9.59 Å². The van der Waals surface area contributed by atoms with E-state index in [-0.39, 0.29) is 11.7 Å². The zero-order valence-corrected chi connectivity index (χ0v) is 14.9. The summed E-state index contributed by atoms with van der Waals surface area (Å²) in [5, 5.41) is 4.89. The van der Waals surface area contributed by atoms with Crippen molar-refractivity contribution in [1.29, 1.82) is 0 Å². The standard InChI is InChI=1S/C20H19FN4O2/c1-13-3-8-18(17(21)11-13)24-20(27)19(26)23-14(2)15-4-6-16(7-5-15)25-10-9-22-12-25/h3-12,14H,1-2H3,(H,23,26)(H,24,27)/t14-/m0/s1. The molecule has 2 amide bonds. The second-order valence-corrected chi connectivity index (χ2v) is 6.19. The monoisotopic (exact) mass is 366 g/mol. The Bertz CT molecular complexity index is 953. The van der Waals surface area contributed by atoms with Crippen molar-refractivity contribution in [3.05, 3.63) is 78.1 Å². The number of benzene rings is 2. The van der Waals surface area contributed by atoms with E-state index in [1.165, 1.54) is 12.1 Å².